The maximum atomic E-state index is 7.14. The van der Waals surface area contributed by atoms with Crippen LogP contribution in [-0.4, -0.2) is 41.3 Å². The summed E-state index contributed by atoms with van der Waals surface area (Å²) in [4.78, 5) is 10.6. The Morgan fingerprint density at radius 2 is 1.79 bits per heavy atom. The van der Waals surface area contributed by atoms with Crippen molar-refractivity contribution < 1.29 is 4.74 Å². The molecule has 5 heteroatoms. The highest BCUT2D eigenvalue weighted by molar-refractivity contribution is 5.45. The van der Waals surface area contributed by atoms with Gasteiger partial charge in [-0.05, 0) is 57.3 Å². The second-order valence-corrected chi connectivity index (χ2v) is 9.54. The lowest BCUT2D eigenvalue weighted by atomic mass is 9.74. The largest absolute Gasteiger partial charge is 0.384 e. The molecule has 4 rings (SSSR count). The molecule has 0 saturated carbocycles. The molecule has 0 unspecified atom stereocenters. The third kappa shape index (κ3) is 5.71. The van der Waals surface area contributed by atoms with Crippen molar-refractivity contribution in [2.24, 2.45) is 5.41 Å². The monoisotopic (exact) mass is 442 g/mol. The van der Waals surface area contributed by atoms with Gasteiger partial charge >= 0.3 is 0 Å². The van der Waals surface area contributed by atoms with Crippen molar-refractivity contribution >= 4 is 5.69 Å². The Morgan fingerprint density at radius 3 is 2.45 bits per heavy atom. The van der Waals surface area contributed by atoms with Crippen LogP contribution in [0.15, 0.2) is 54.7 Å². The summed E-state index contributed by atoms with van der Waals surface area (Å²) in [6, 6.07) is 16.8. The van der Waals surface area contributed by atoms with Gasteiger partial charge in [0, 0.05) is 31.8 Å². The van der Waals surface area contributed by atoms with Crippen LogP contribution in [0.2, 0.25) is 0 Å². The number of ether oxygens (including phenoxy) is 1. The lowest BCUT2D eigenvalue weighted by Gasteiger charge is -2.41. The molecule has 0 aliphatic carbocycles. The van der Waals surface area contributed by atoms with Gasteiger partial charge in [0.15, 0.2) is 5.69 Å². The molecule has 5 nitrogen and oxygen atoms in total. The average Bonchev–Trinajstić information content (AvgIpc) is 3.15. The molecule has 0 amide bonds. The number of rotatable bonds is 8. The minimum atomic E-state index is 0.208. The molecule has 33 heavy (non-hydrogen) atoms. The van der Waals surface area contributed by atoms with Gasteiger partial charge in [0.1, 0.15) is 5.82 Å². The second-order valence-electron chi connectivity index (χ2n) is 9.54. The standard InChI is InChI=1S/C28H34N4O/c1-22-6-5-7-25(16-22)17-28(21-33-4)12-14-31(15-13-28)20-27-18-30-23(2)32(27)19-24-8-10-26(29-3)11-9-24/h5-11,16,18H,12-15,17,19-21H2,1-2,4H3. The van der Waals surface area contributed by atoms with Crippen LogP contribution in [0.4, 0.5) is 5.69 Å². The molecule has 1 aliphatic heterocycles. The van der Waals surface area contributed by atoms with Gasteiger partial charge in [-0.15, -0.1) is 0 Å². The van der Waals surface area contributed by atoms with Crippen LogP contribution in [0, 0.1) is 25.8 Å². The van der Waals surface area contributed by atoms with Crippen LogP contribution in [-0.2, 0) is 24.2 Å². The summed E-state index contributed by atoms with van der Waals surface area (Å²) in [5.41, 5.74) is 6.07. The maximum Gasteiger partial charge on any atom is 0.187 e. The minimum absolute atomic E-state index is 0.208. The number of aromatic nitrogens is 2. The molecule has 2 aromatic carbocycles. The molecular weight excluding hydrogens is 408 g/mol. The zero-order chi connectivity index (χ0) is 23.3. The number of likely N-dealkylation sites (tertiary alicyclic amines) is 1. The third-order valence-electron chi connectivity index (χ3n) is 6.96. The normalized spacial score (nSPS) is 15.9. The van der Waals surface area contributed by atoms with E-state index in [1.54, 1.807) is 0 Å². The van der Waals surface area contributed by atoms with Gasteiger partial charge < -0.3 is 9.30 Å². The molecule has 2 heterocycles. The number of imidazole rings is 1. The number of hydrogen-bond donors (Lipinski definition) is 0. The predicted octanol–water partition coefficient (Wildman–Crippen LogP) is 5.57. The van der Waals surface area contributed by atoms with Crippen molar-refractivity contribution in [2.45, 2.75) is 46.2 Å². The number of aryl methyl sites for hydroxylation is 2. The van der Waals surface area contributed by atoms with E-state index in [-0.39, 0.29) is 5.41 Å². The molecule has 1 fully saturated rings. The fraction of sp³-hybridized carbons (Fsp3) is 0.429. The minimum Gasteiger partial charge on any atom is -0.384 e. The van der Waals surface area contributed by atoms with Crippen molar-refractivity contribution in [1.29, 1.82) is 0 Å². The molecule has 172 valence electrons. The summed E-state index contributed by atoms with van der Waals surface area (Å²) in [6.07, 6.45) is 5.38. The van der Waals surface area contributed by atoms with Crippen LogP contribution < -0.4 is 0 Å². The maximum absolute atomic E-state index is 7.14. The molecule has 0 radical (unpaired) electrons. The Kier molecular flexibility index (Phi) is 7.27. The second kappa shape index (κ2) is 10.3. The number of piperidine rings is 1. The zero-order valence-electron chi connectivity index (χ0n) is 20.1. The number of nitrogens with zero attached hydrogens (tertiary/aromatic N) is 4. The summed E-state index contributed by atoms with van der Waals surface area (Å²) >= 11 is 0. The lowest BCUT2D eigenvalue weighted by Crippen LogP contribution is -2.43. The molecule has 0 spiro atoms. The van der Waals surface area contributed by atoms with Gasteiger partial charge in [0.2, 0.25) is 0 Å². The van der Waals surface area contributed by atoms with E-state index >= 15 is 0 Å². The van der Waals surface area contributed by atoms with Crippen LogP contribution >= 0.6 is 0 Å². The summed E-state index contributed by atoms with van der Waals surface area (Å²) in [7, 11) is 1.83. The van der Waals surface area contributed by atoms with Gasteiger partial charge in [-0.2, -0.15) is 0 Å². The fourth-order valence-electron chi connectivity index (χ4n) is 5.06. The van der Waals surface area contributed by atoms with Gasteiger partial charge in [-0.3, -0.25) is 4.90 Å². The zero-order valence-corrected chi connectivity index (χ0v) is 20.1. The smallest absolute Gasteiger partial charge is 0.187 e. The van der Waals surface area contributed by atoms with Crippen molar-refractivity contribution in [1.82, 2.24) is 14.5 Å². The first-order chi connectivity index (χ1) is 16.0. The third-order valence-corrected chi connectivity index (χ3v) is 6.96. The topological polar surface area (TPSA) is 34.6 Å². The van der Waals surface area contributed by atoms with Crippen LogP contribution in [0.3, 0.4) is 0 Å². The summed E-state index contributed by atoms with van der Waals surface area (Å²) in [5.74, 6) is 1.03. The molecule has 1 aromatic heterocycles. The number of methoxy groups -OCH3 is 1. The van der Waals surface area contributed by atoms with Crippen LogP contribution in [0.25, 0.3) is 4.85 Å². The SMILES string of the molecule is [C-]#[N+]c1ccc(Cn2c(CN3CCC(COC)(Cc4cccc(C)c4)CC3)cnc2C)cc1. The molecule has 0 N–H and O–H groups in total. The predicted molar refractivity (Wildman–Crippen MR) is 132 cm³/mol. The van der Waals surface area contributed by atoms with Crippen molar-refractivity contribution in [3.8, 4) is 0 Å². The highest BCUT2D eigenvalue weighted by Crippen LogP contribution is 2.36. The van der Waals surface area contributed by atoms with E-state index < -0.39 is 0 Å². The van der Waals surface area contributed by atoms with E-state index in [0.717, 1.165) is 57.9 Å². The Balaban J connectivity index is 1.41. The highest BCUT2D eigenvalue weighted by Gasteiger charge is 2.35. The van der Waals surface area contributed by atoms with E-state index in [1.165, 1.54) is 22.4 Å². The van der Waals surface area contributed by atoms with E-state index in [0.29, 0.717) is 5.69 Å². The molecular formula is C28H34N4O. The quantitative estimate of drug-likeness (QED) is 0.428. The molecule has 1 aliphatic rings. The number of benzene rings is 2. The summed E-state index contributed by atoms with van der Waals surface area (Å²) in [6.45, 7) is 16.0. The fourth-order valence-corrected chi connectivity index (χ4v) is 5.06. The van der Waals surface area contributed by atoms with Gasteiger partial charge in [-0.1, -0.05) is 54.1 Å². The van der Waals surface area contributed by atoms with Gasteiger partial charge in [-0.25, -0.2) is 9.83 Å². The summed E-state index contributed by atoms with van der Waals surface area (Å²) in [5, 5.41) is 0. The van der Waals surface area contributed by atoms with E-state index in [9.17, 15) is 0 Å². The Hall–Kier alpha value is -2.94. The van der Waals surface area contributed by atoms with E-state index in [1.807, 2.05) is 37.6 Å². The lowest BCUT2D eigenvalue weighted by molar-refractivity contribution is 0.0189. The molecule has 1 saturated heterocycles. The van der Waals surface area contributed by atoms with Gasteiger partial charge in [0.25, 0.3) is 0 Å². The van der Waals surface area contributed by atoms with Crippen molar-refractivity contribution in [2.75, 3.05) is 26.8 Å². The Bertz CT molecular complexity index is 1100. The first kappa shape index (κ1) is 23.2. The molecule has 0 atom stereocenters. The van der Waals surface area contributed by atoms with Crippen molar-refractivity contribution in [3.05, 3.63) is 94.4 Å². The molecule has 3 aromatic rings. The van der Waals surface area contributed by atoms with Crippen LogP contribution in [0.5, 0.6) is 0 Å². The Morgan fingerprint density at radius 1 is 1.03 bits per heavy atom. The van der Waals surface area contributed by atoms with Gasteiger partial charge in [0.05, 0.1) is 18.9 Å². The Labute approximate surface area is 197 Å². The average molecular weight is 443 g/mol. The highest BCUT2D eigenvalue weighted by atomic mass is 16.5. The summed E-state index contributed by atoms with van der Waals surface area (Å²) < 4.78 is 8.00. The van der Waals surface area contributed by atoms with E-state index in [4.69, 9.17) is 11.3 Å². The first-order valence-corrected chi connectivity index (χ1v) is 11.7. The van der Waals surface area contributed by atoms with Crippen LogP contribution in [0.1, 0.15) is 41.1 Å². The molecule has 0 bridgehead atoms. The first-order valence-electron chi connectivity index (χ1n) is 11.7. The van der Waals surface area contributed by atoms with E-state index in [2.05, 4.69) is 57.4 Å². The number of hydrogen-bond acceptors (Lipinski definition) is 3. The van der Waals surface area contributed by atoms with Crippen molar-refractivity contribution in [3.63, 3.8) is 0 Å².